The maximum absolute atomic E-state index is 12.6. The van der Waals surface area contributed by atoms with Gasteiger partial charge in [-0.15, -0.1) is 0 Å². The van der Waals surface area contributed by atoms with E-state index in [2.05, 4.69) is 22.6 Å². The highest BCUT2D eigenvalue weighted by molar-refractivity contribution is 7.08. The van der Waals surface area contributed by atoms with E-state index in [1.165, 1.54) is 11.3 Å². The number of hydrogen-bond acceptors (Lipinski definition) is 4. The number of hydrogen-bond donors (Lipinski definition) is 2. The van der Waals surface area contributed by atoms with Crippen molar-refractivity contribution in [1.29, 1.82) is 0 Å². The molecule has 5 nitrogen and oxygen atoms in total. The first-order valence-electron chi connectivity index (χ1n) is 8.05. The van der Waals surface area contributed by atoms with Crippen LogP contribution in [0.15, 0.2) is 41.1 Å². The maximum Gasteiger partial charge on any atom is 0.256 e. The van der Waals surface area contributed by atoms with E-state index in [0.29, 0.717) is 16.8 Å². The van der Waals surface area contributed by atoms with E-state index < -0.39 is 0 Å². The van der Waals surface area contributed by atoms with Gasteiger partial charge in [-0.2, -0.15) is 11.3 Å². The lowest BCUT2D eigenvalue weighted by Gasteiger charge is -2.29. The van der Waals surface area contributed by atoms with Crippen molar-refractivity contribution in [3.05, 3.63) is 52.2 Å². The third-order valence-corrected chi connectivity index (χ3v) is 4.94. The van der Waals surface area contributed by atoms with Gasteiger partial charge in [0.2, 0.25) is 0 Å². The number of nitrogens with one attached hydrogen (secondary N) is 2. The molecule has 1 aliphatic heterocycles. The quantitative estimate of drug-likeness (QED) is 0.897. The van der Waals surface area contributed by atoms with Crippen molar-refractivity contribution in [2.75, 3.05) is 25.5 Å². The Morgan fingerprint density at radius 1 is 1.12 bits per heavy atom. The van der Waals surface area contributed by atoms with Crippen molar-refractivity contribution in [1.82, 2.24) is 10.2 Å². The average molecular weight is 343 g/mol. The molecule has 2 aromatic rings. The third kappa shape index (κ3) is 4.01. The van der Waals surface area contributed by atoms with E-state index in [1.54, 1.807) is 23.6 Å². The number of rotatable bonds is 4. The summed E-state index contributed by atoms with van der Waals surface area (Å²) in [6.45, 7) is 1.98. The summed E-state index contributed by atoms with van der Waals surface area (Å²) in [4.78, 5) is 27.1. The minimum absolute atomic E-state index is 0.134. The van der Waals surface area contributed by atoms with Crippen LogP contribution in [-0.2, 0) is 0 Å². The number of para-hydroxylation sites is 1. The second-order valence-corrected chi connectivity index (χ2v) is 6.84. The maximum atomic E-state index is 12.6. The van der Waals surface area contributed by atoms with Gasteiger partial charge >= 0.3 is 0 Å². The van der Waals surface area contributed by atoms with Crippen LogP contribution in [0.3, 0.4) is 0 Å². The number of benzene rings is 1. The van der Waals surface area contributed by atoms with Crippen LogP contribution >= 0.6 is 11.3 Å². The van der Waals surface area contributed by atoms with Crippen molar-refractivity contribution >= 4 is 28.8 Å². The zero-order valence-electron chi connectivity index (χ0n) is 13.6. The Kier molecular flexibility index (Phi) is 5.27. The highest BCUT2D eigenvalue weighted by atomic mass is 32.1. The molecule has 3 rings (SSSR count). The molecule has 24 heavy (non-hydrogen) atoms. The van der Waals surface area contributed by atoms with E-state index in [1.807, 2.05) is 17.5 Å². The smallest absolute Gasteiger partial charge is 0.256 e. The van der Waals surface area contributed by atoms with Crippen molar-refractivity contribution in [2.45, 2.75) is 18.9 Å². The molecule has 0 saturated carbocycles. The van der Waals surface area contributed by atoms with Crippen LogP contribution < -0.4 is 10.6 Å². The van der Waals surface area contributed by atoms with Crippen molar-refractivity contribution in [2.24, 2.45) is 0 Å². The summed E-state index contributed by atoms with van der Waals surface area (Å²) in [5, 5.41) is 9.57. The summed E-state index contributed by atoms with van der Waals surface area (Å²) in [5.41, 5.74) is 1.64. The molecular formula is C18H21N3O2S. The summed E-state index contributed by atoms with van der Waals surface area (Å²) < 4.78 is 0. The normalized spacial score (nSPS) is 15.9. The van der Waals surface area contributed by atoms with Crippen LogP contribution in [0.4, 0.5) is 5.69 Å². The Balaban J connectivity index is 1.69. The molecule has 0 spiro atoms. The zero-order valence-corrected chi connectivity index (χ0v) is 14.4. The summed E-state index contributed by atoms with van der Waals surface area (Å²) in [6.07, 6.45) is 1.90. The molecule has 2 amide bonds. The molecule has 2 heterocycles. The molecule has 2 N–H and O–H groups in total. The van der Waals surface area contributed by atoms with E-state index in [4.69, 9.17) is 0 Å². The lowest BCUT2D eigenvalue weighted by atomic mass is 10.0. The van der Waals surface area contributed by atoms with Gasteiger partial charge in [-0.1, -0.05) is 12.1 Å². The van der Waals surface area contributed by atoms with Gasteiger partial charge in [0.25, 0.3) is 11.8 Å². The SMILES string of the molecule is CN1CCC(NC(=O)c2ccccc2NC(=O)c2ccsc2)CC1. The van der Waals surface area contributed by atoms with Gasteiger partial charge in [0.1, 0.15) is 0 Å². The topological polar surface area (TPSA) is 61.4 Å². The fourth-order valence-corrected chi connectivity index (χ4v) is 3.43. The van der Waals surface area contributed by atoms with Crippen LogP contribution in [0.2, 0.25) is 0 Å². The van der Waals surface area contributed by atoms with Crippen molar-refractivity contribution < 1.29 is 9.59 Å². The van der Waals surface area contributed by atoms with Gasteiger partial charge in [0, 0.05) is 11.4 Å². The number of anilines is 1. The molecular weight excluding hydrogens is 322 g/mol. The predicted octanol–water partition coefficient (Wildman–Crippen LogP) is 2.82. The monoisotopic (exact) mass is 343 g/mol. The van der Waals surface area contributed by atoms with Crippen LogP contribution in [0.5, 0.6) is 0 Å². The molecule has 1 aromatic carbocycles. The molecule has 0 bridgehead atoms. The molecule has 1 fully saturated rings. The minimum Gasteiger partial charge on any atom is -0.349 e. The second-order valence-electron chi connectivity index (χ2n) is 6.06. The van der Waals surface area contributed by atoms with Gasteiger partial charge in [-0.25, -0.2) is 0 Å². The highest BCUT2D eigenvalue weighted by Gasteiger charge is 2.21. The Labute approximate surface area is 145 Å². The van der Waals surface area contributed by atoms with Gasteiger partial charge in [-0.05, 0) is 56.6 Å². The summed E-state index contributed by atoms with van der Waals surface area (Å²) in [7, 11) is 2.09. The van der Waals surface area contributed by atoms with Gasteiger partial charge < -0.3 is 15.5 Å². The van der Waals surface area contributed by atoms with E-state index in [9.17, 15) is 9.59 Å². The van der Waals surface area contributed by atoms with E-state index in [-0.39, 0.29) is 17.9 Å². The number of piperidine rings is 1. The Bertz CT molecular complexity index is 707. The standard InChI is InChI=1S/C18H21N3O2S/c1-21-9-6-14(7-10-21)19-18(23)15-4-2-3-5-16(15)20-17(22)13-8-11-24-12-13/h2-5,8,11-12,14H,6-7,9-10H2,1H3,(H,19,23)(H,20,22). The first-order chi connectivity index (χ1) is 11.6. The number of amides is 2. The van der Waals surface area contributed by atoms with Crippen LogP contribution in [0.25, 0.3) is 0 Å². The number of carbonyl (C=O) groups excluding carboxylic acids is 2. The highest BCUT2D eigenvalue weighted by Crippen LogP contribution is 2.18. The number of likely N-dealkylation sites (tertiary alicyclic amines) is 1. The first kappa shape index (κ1) is 16.7. The predicted molar refractivity (Wildman–Crippen MR) is 96.7 cm³/mol. The van der Waals surface area contributed by atoms with Crippen molar-refractivity contribution in [3.63, 3.8) is 0 Å². The van der Waals surface area contributed by atoms with Crippen LogP contribution in [0, 0.1) is 0 Å². The molecule has 6 heteroatoms. The molecule has 1 aromatic heterocycles. The number of carbonyl (C=O) groups is 2. The fraction of sp³-hybridized carbons (Fsp3) is 0.333. The molecule has 126 valence electrons. The van der Waals surface area contributed by atoms with E-state index >= 15 is 0 Å². The minimum atomic E-state index is -0.198. The fourth-order valence-electron chi connectivity index (χ4n) is 2.79. The third-order valence-electron chi connectivity index (χ3n) is 4.26. The van der Waals surface area contributed by atoms with Gasteiger partial charge in [0.15, 0.2) is 0 Å². The lowest BCUT2D eigenvalue weighted by Crippen LogP contribution is -2.43. The largest absolute Gasteiger partial charge is 0.349 e. The Morgan fingerprint density at radius 3 is 2.58 bits per heavy atom. The van der Waals surface area contributed by atoms with Gasteiger partial charge in [0.05, 0.1) is 16.8 Å². The lowest BCUT2D eigenvalue weighted by molar-refractivity contribution is 0.0918. The van der Waals surface area contributed by atoms with E-state index in [0.717, 1.165) is 25.9 Å². The molecule has 0 radical (unpaired) electrons. The summed E-state index contributed by atoms with van der Waals surface area (Å²) >= 11 is 1.47. The van der Waals surface area contributed by atoms with Crippen molar-refractivity contribution in [3.8, 4) is 0 Å². The van der Waals surface area contributed by atoms with Gasteiger partial charge in [-0.3, -0.25) is 9.59 Å². The van der Waals surface area contributed by atoms with Crippen LogP contribution in [-0.4, -0.2) is 42.9 Å². The summed E-state index contributed by atoms with van der Waals surface area (Å²) in [5.74, 6) is -0.332. The molecule has 0 aliphatic carbocycles. The second kappa shape index (κ2) is 7.59. The summed E-state index contributed by atoms with van der Waals surface area (Å²) in [6, 6.07) is 9.08. The molecule has 0 unspecified atom stereocenters. The molecule has 0 atom stereocenters. The number of nitrogens with zero attached hydrogens (tertiary/aromatic N) is 1. The average Bonchev–Trinajstić information content (AvgIpc) is 3.12. The first-order valence-corrected chi connectivity index (χ1v) is 9.00. The Morgan fingerprint density at radius 2 is 1.88 bits per heavy atom. The zero-order chi connectivity index (χ0) is 16.9. The molecule has 1 aliphatic rings. The number of thiophene rings is 1. The van der Waals surface area contributed by atoms with Crippen LogP contribution in [0.1, 0.15) is 33.6 Å². The molecule has 1 saturated heterocycles. The Hall–Kier alpha value is -2.18.